The summed E-state index contributed by atoms with van der Waals surface area (Å²) in [6, 6.07) is -0.940. The molecule has 0 spiro atoms. The van der Waals surface area contributed by atoms with E-state index in [9.17, 15) is 45.6 Å². The van der Waals surface area contributed by atoms with Gasteiger partial charge in [0, 0.05) is 6.42 Å². The number of ether oxygens (including phenoxy) is 4. The Morgan fingerprint density at radius 3 is 1.42 bits per heavy atom. The predicted molar refractivity (Wildman–Crippen MR) is 272 cm³/mol. The van der Waals surface area contributed by atoms with Crippen molar-refractivity contribution in [2.24, 2.45) is 0 Å². The van der Waals surface area contributed by atoms with Gasteiger partial charge in [0.2, 0.25) is 5.91 Å². The van der Waals surface area contributed by atoms with Crippen LogP contribution in [-0.2, 0) is 23.7 Å². The number of hydrogen-bond donors (Lipinski definition) is 9. The quantitative estimate of drug-likeness (QED) is 0.0209. The van der Waals surface area contributed by atoms with Gasteiger partial charge in [-0.2, -0.15) is 0 Å². The van der Waals surface area contributed by atoms with E-state index in [2.05, 4.69) is 55.6 Å². The summed E-state index contributed by atoms with van der Waals surface area (Å²) in [6.07, 6.45) is 32.9. The number of unbranched alkanes of at least 4 members (excludes halogenated alkanes) is 23. The molecule has 0 aromatic carbocycles. The maximum absolute atomic E-state index is 13.2. The highest BCUT2D eigenvalue weighted by Crippen LogP contribution is 2.30. The third-order valence-electron chi connectivity index (χ3n) is 13.2. The van der Waals surface area contributed by atoms with Crippen LogP contribution in [-0.4, -0.2) is 140 Å². The van der Waals surface area contributed by atoms with Gasteiger partial charge in [-0.15, -0.1) is 0 Å². The van der Waals surface area contributed by atoms with E-state index in [0.29, 0.717) is 12.8 Å². The van der Waals surface area contributed by atoms with Gasteiger partial charge in [0.05, 0.1) is 32.0 Å². The van der Waals surface area contributed by atoms with Crippen LogP contribution in [0, 0.1) is 0 Å². The molecule has 0 aromatic heterocycles. The topological polar surface area (TPSA) is 228 Å². The van der Waals surface area contributed by atoms with Gasteiger partial charge in [0.25, 0.3) is 0 Å². The molecule has 0 bridgehead atoms. The summed E-state index contributed by atoms with van der Waals surface area (Å²) in [5.74, 6) is -0.259. The Bertz CT molecular complexity index is 1340. The minimum atomic E-state index is -1.79. The molecular formula is C55H99NO13. The van der Waals surface area contributed by atoms with Crippen molar-refractivity contribution < 1.29 is 64.6 Å². The Morgan fingerprint density at radius 2 is 0.928 bits per heavy atom. The summed E-state index contributed by atoms with van der Waals surface area (Å²) in [5, 5.41) is 86.9. The average molecular weight is 982 g/mol. The van der Waals surface area contributed by atoms with Gasteiger partial charge in [0.15, 0.2) is 12.6 Å². The van der Waals surface area contributed by atoms with E-state index in [1.54, 1.807) is 6.08 Å². The number of amides is 1. The lowest BCUT2D eigenvalue weighted by atomic mass is 9.97. The molecule has 0 saturated carbocycles. The number of aliphatic hydroxyl groups excluding tert-OH is 8. The van der Waals surface area contributed by atoms with Gasteiger partial charge in [-0.1, -0.05) is 172 Å². The average Bonchev–Trinajstić information content (AvgIpc) is 3.35. The van der Waals surface area contributed by atoms with Crippen LogP contribution >= 0.6 is 0 Å². The van der Waals surface area contributed by atoms with E-state index in [1.165, 1.54) is 116 Å². The standard InChI is InChI=1S/C55H99NO13/c1-3-5-7-9-11-13-15-17-19-21-23-24-26-28-30-32-34-36-38-44(59)43(56-47(60)39-37-35-33-31-29-27-25-22-20-18-16-14-12-10-8-6-4-2)42-66-54-52(65)50(63)53(46(41-58)68-54)69-55-51(64)49(62)48(61)45(40-57)67-55/h18,20-21,23,28,30,36,38,43-46,48-55,57-59,61-65H,3-17,19,22,24-27,29,31-35,37,39-42H2,1-2H3,(H,56,60)/b20-18-,23-21+,30-28+,38-36+. The first kappa shape index (κ1) is 63.1. The van der Waals surface area contributed by atoms with Crippen molar-refractivity contribution in [3.05, 3.63) is 48.6 Å². The number of rotatable bonds is 42. The summed E-state index contributed by atoms with van der Waals surface area (Å²) >= 11 is 0. The van der Waals surface area contributed by atoms with Gasteiger partial charge in [-0.05, 0) is 70.6 Å². The van der Waals surface area contributed by atoms with Crippen LogP contribution in [0.5, 0.6) is 0 Å². The predicted octanol–water partition coefficient (Wildman–Crippen LogP) is 8.05. The number of carbonyl (C=O) groups excluding carboxylic acids is 1. The molecule has 0 aliphatic carbocycles. The summed E-state index contributed by atoms with van der Waals surface area (Å²) in [4.78, 5) is 13.2. The lowest BCUT2D eigenvalue weighted by Gasteiger charge is -2.46. The van der Waals surface area contributed by atoms with E-state index < -0.39 is 86.8 Å². The van der Waals surface area contributed by atoms with Crippen LogP contribution in [0.1, 0.15) is 200 Å². The van der Waals surface area contributed by atoms with Crippen molar-refractivity contribution in [3.8, 4) is 0 Å². The molecule has 402 valence electrons. The molecule has 14 nitrogen and oxygen atoms in total. The highest BCUT2D eigenvalue weighted by Gasteiger charge is 2.51. The van der Waals surface area contributed by atoms with Crippen molar-refractivity contribution in [2.45, 2.75) is 274 Å². The van der Waals surface area contributed by atoms with Crippen LogP contribution in [0.25, 0.3) is 0 Å². The van der Waals surface area contributed by atoms with Crippen molar-refractivity contribution in [1.82, 2.24) is 5.32 Å². The monoisotopic (exact) mass is 982 g/mol. The first-order chi connectivity index (χ1) is 33.6. The van der Waals surface area contributed by atoms with Crippen molar-refractivity contribution in [1.29, 1.82) is 0 Å². The Labute approximate surface area is 416 Å². The summed E-state index contributed by atoms with van der Waals surface area (Å²) in [7, 11) is 0. The first-order valence-electron chi connectivity index (χ1n) is 27.4. The Kier molecular flexibility index (Phi) is 37.9. The second-order valence-corrected chi connectivity index (χ2v) is 19.3. The van der Waals surface area contributed by atoms with Gasteiger partial charge < -0.3 is 65.1 Å². The SMILES string of the molecule is CCCCCCCC/C=C\CCCCCCCCCC(=O)NC(COC1OC(CO)C(OC2OC(CO)C(O)C(O)C2O)C(O)C1O)C(O)/C=C/CC/C=C/CC/C=C/CCCCCCCCCC. The maximum atomic E-state index is 13.2. The fourth-order valence-electron chi connectivity index (χ4n) is 8.73. The Morgan fingerprint density at radius 1 is 0.507 bits per heavy atom. The third-order valence-corrected chi connectivity index (χ3v) is 13.2. The Hall–Kier alpha value is -2.05. The number of carbonyl (C=O) groups is 1. The summed E-state index contributed by atoms with van der Waals surface area (Å²) in [5.41, 5.74) is 0. The number of nitrogens with one attached hydrogen (secondary N) is 1. The normalized spacial score (nSPS) is 26.5. The number of hydrogen-bond acceptors (Lipinski definition) is 13. The van der Waals surface area contributed by atoms with Crippen LogP contribution in [0.15, 0.2) is 48.6 Å². The van der Waals surface area contributed by atoms with E-state index >= 15 is 0 Å². The molecule has 1 amide bonds. The molecule has 2 aliphatic heterocycles. The number of allylic oxidation sites excluding steroid dienone is 7. The van der Waals surface area contributed by atoms with Crippen LogP contribution in [0.4, 0.5) is 0 Å². The fourth-order valence-corrected chi connectivity index (χ4v) is 8.73. The zero-order valence-corrected chi connectivity index (χ0v) is 42.8. The zero-order chi connectivity index (χ0) is 50.3. The van der Waals surface area contributed by atoms with E-state index in [-0.39, 0.29) is 18.9 Å². The van der Waals surface area contributed by atoms with Gasteiger partial charge in [-0.3, -0.25) is 4.79 Å². The van der Waals surface area contributed by atoms with Crippen LogP contribution < -0.4 is 5.32 Å². The zero-order valence-electron chi connectivity index (χ0n) is 42.8. The molecule has 2 fully saturated rings. The first-order valence-corrected chi connectivity index (χ1v) is 27.4. The maximum Gasteiger partial charge on any atom is 0.220 e. The summed E-state index contributed by atoms with van der Waals surface area (Å²) < 4.78 is 22.7. The largest absolute Gasteiger partial charge is 0.394 e. The molecular weight excluding hydrogens is 883 g/mol. The highest BCUT2D eigenvalue weighted by atomic mass is 16.7. The highest BCUT2D eigenvalue weighted by molar-refractivity contribution is 5.76. The minimum Gasteiger partial charge on any atom is -0.394 e. The third kappa shape index (κ3) is 28.1. The molecule has 0 aromatic rings. The fraction of sp³-hybridized carbons (Fsp3) is 0.836. The minimum absolute atomic E-state index is 0.259. The molecule has 2 aliphatic rings. The van der Waals surface area contributed by atoms with E-state index in [4.69, 9.17) is 18.9 Å². The van der Waals surface area contributed by atoms with Crippen molar-refractivity contribution in [3.63, 3.8) is 0 Å². The molecule has 0 radical (unpaired) electrons. The van der Waals surface area contributed by atoms with Gasteiger partial charge in [0.1, 0.15) is 48.8 Å². The number of aliphatic hydroxyl groups is 8. The molecule has 69 heavy (non-hydrogen) atoms. The van der Waals surface area contributed by atoms with E-state index in [0.717, 1.165) is 51.4 Å². The molecule has 2 heterocycles. The van der Waals surface area contributed by atoms with E-state index in [1.807, 2.05) is 6.08 Å². The second-order valence-electron chi connectivity index (χ2n) is 19.3. The van der Waals surface area contributed by atoms with Crippen LogP contribution in [0.2, 0.25) is 0 Å². The van der Waals surface area contributed by atoms with Gasteiger partial charge in [-0.25, -0.2) is 0 Å². The molecule has 12 unspecified atom stereocenters. The van der Waals surface area contributed by atoms with Crippen molar-refractivity contribution >= 4 is 5.91 Å². The smallest absolute Gasteiger partial charge is 0.220 e. The summed E-state index contributed by atoms with van der Waals surface area (Å²) in [6.45, 7) is 2.75. The van der Waals surface area contributed by atoms with Crippen molar-refractivity contribution in [2.75, 3.05) is 19.8 Å². The Balaban J connectivity index is 1.85. The molecule has 12 atom stereocenters. The molecule has 9 N–H and O–H groups in total. The molecule has 2 saturated heterocycles. The van der Waals surface area contributed by atoms with Gasteiger partial charge >= 0.3 is 0 Å². The molecule has 14 heteroatoms. The lowest BCUT2D eigenvalue weighted by Crippen LogP contribution is -2.65. The molecule has 2 rings (SSSR count). The second kappa shape index (κ2) is 41.4. The lowest BCUT2D eigenvalue weighted by molar-refractivity contribution is -0.359. The van der Waals surface area contributed by atoms with Crippen LogP contribution in [0.3, 0.4) is 0 Å².